The quantitative estimate of drug-likeness (QED) is 0.784. The molecule has 94 valence electrons. The normalized spacial score (nSPS) is 11.2. The van der Waals surface area contributed by atoms with Crippen molar-refractivity contribution < 1.29 is 4.79 Å². The van der Waals surface area contributed by atoms with Gasteiger partial charge in [-0.15, -0.1) is 0 Å². The fourth-order valence-corrected chi connectivity index (χ4v) is 1.69. The van der Waals surface area contributed by atoms with E-state index in [9.17, 15) is 4.79 Å². The van der Waals surface area contributed by atoms with Gasteiger partial charge in [-0.3, -0.25) is 4.79 Å². The molecule has 5 nitrogen and oxygen atoms in total. The minimum atomic E-state index is -0.399. The van der Waals surface area contributed by atoms with E-state index in [1.807, 2.05) is 19.9 Å². The molecule has 0 aliphatic heterocycles. The Bertz CT molecular complexity index is 390. The Morgan fingerprint density at radius 2 is 2.18 bits per heavy atom. The van der Waals surface area contributed by atoms with Gasteiger partial charge in [-0.1, -0.05) is 13.3 Å². The van der Waals surface area contributed by atoms with Crippen LogP contribution in [0, 0.1) is 0 Å². The third-order valence-corrected chi connectivity index (χ3v) is 2.31. The molecular weight excluding hydrogens is 216 g/mol. The first-order valence-electron chi connectivity index (χ1n) is 5.80. The van der Waals surface area contributed by atoms with Gasteiger partial charge in [0.1, 0.15) is 12.1 Å². The van der Waals surface area contributed by atoms with Gasteiger partial charge in [-0.2, -0.15) is 0 Å². The smallest absolute Gasteiger partial charge is 0.219 e. The maximum atomic E-state index is 10.9. The van der Waals surface area contributed by atoms with E-state index >= 15 is 0 Å². The highest BCUT2D eigenvalue weighted by molar-refractivity contribution is 5.75. The molecular formula is C12H20N4O. The zero-order chi connectivity index (χ0) is 12.9. The number of carbonyl (C=O) groups excluding carboxylic acids is 1. The average molecular weight is 236 g/mol. The van der Waals surface area contributed by atoms with Crippen LogP contribution in [0.15, 0.2) is 12.4 Å². The van der Waals surface area contributed by atoms with Gasteiger partial charge in [-0.25, -0.2) is 9.97 Å². The van der Waals surface area contributed by atoms with E-state index in [4.69, 9.17) is 5.73 Å². The molecule has 0 fully saturated rings. The molecule has 0 aliphatic carbocycles. The van der Waals surface area contributed by atoms with Crippen LogP contribution >= 0.6 is 0 Å². The first-order valence-corrected chi connectivity index (χ1v) is 5.80. The number of hydrogen-bond donors (Lipinski definition) is 2. The lowest BCUT2D eigenvalue weighted by atomic mass is 10.0. The number of anilines is 1. The molecule has 17 heavy (non-hydrogen) atoms. The standard InChI is InChI=1S/C12H20N4O/c1-4-5-9-6-11(15-8-14-9)16-12(2,3)7-10(13)17/h6,8H,4-5,7H2,1-3H3,(H2,13,17)(H,14,15,16). The lowest BCUT2D eigenvalue weighted by Gasteiger charge is -2.25. The summed E-state index contributed by atoms with van der Waals surface area (Å²) in [5.74, 6) is 0.403. The van der Waals surface area contributed by atoms with E-state index in [0.29, 0.717) is 0 Å². The molecule has 0 aromatic carbocycles. The van der Waals surface area contributed by atoms with E-state index < -0.39 is 5.54 Å². The van der Waals surface area contributed by atoms with Crippen LogP contribution in [-0.4, -0.2) is 21.4 Å². The molecule has 0 spiro atoms. The summed E-state index contributed by atoms with van der Waals surface area (Å²) in [5, 5.41) is 3.20. The first-order chi connectivity index (χ1) is 7.93. The van der Waals surface area contributed by atoms with Crippen LogP contribution in [0.3, 0.4) is 0 Å². The Labute approximate surface area is 102 Å². The minimum absolute atomic E-state index is 0.264. The SMILES string of the molecule is CCCc1cc(NC(C)(C)CC(N)=O)ncn1. The van der Waals surface area contributed by atoms with Gasteiger partial charge in [0.05, 0.1) is 0 Å². The fourth-order valence-electron chi connectivity index (χ4n) is 1.69. The van der Waals surface area contributed by atoms with E-state index in [0.717, 1.165) is 24.4 Å². The zero-order valence-electron chi connectivity index (χ0n) is 10.7. The molecule has 0 radical (unpaired) electrons. The van der Waals surface area contributed by atoms with Crippen molar-refractivity contribution in [1.82, 2.24) is 9.97 Å². The Morgan fingerprint density at radius 1 is 1.47 bits per heavy atom. The van der Waals surface area contributed by atoms with Crippen molar-refractivity contribution in [2.45, 2.75) is 45.6 Å². The van der Waals surface area contributed by atoms with E-state index in [-0.39, 0.29) is 12.3 Å². The fraction of sp³-hybridized carbons (Fsp3) is 0.583. The van der Waals surface area contributed by atoms with E-state index in [2.05, 4.69) is 22.2 Å². The van der Waals surface area contributed by atoms with Crippen LogP contribution in [0.5, 0.6) is 0 Å². The van der Waals surface area contributed by atoms with E-state index in [1.54, 1.807) is 0 Å². The number of aromatic nitrogens is 2. The molecule has 0 unspecified atom stereocenters. The average Bonchev–Trinajstić information content (AvgIpc) is 2.15. The molecule has 0 saturated carbocycles. The van der Waals surface area contributed by atoms with Gasteiger partial charge < -0.3 is 11.1 Å². The summed E-state index contributed by atoms with van der Waals surface area (Å²) in [6, 6.07) is 1.91. The molecule has 1 aromatic rings. The number of nitrogens with two attached hydrogens (primary N) is 1. The van der Waals surface area contributed by atoms with Gasteiger partial charge >= 0.3 is 0 Å². The number of nitrogens with zero attached hydrogens (tertiary/aromatic N) is 2. The number of carbonyl (C=O) groups is 1. The molecule has 0 saturated heterocycles. The van der Waals surface area contributed by atoms with Crippen molar-refractivity contribution >= 4 is 11.7 Å². The van der Waals surface area contributed by atoms with Crippen LogP contribution in [0.2, 0.25) is 0 Å². The third-order valence-electron chi connectivity index (χ3n) is 2.31. The minimum Gasteiger partial charge on any atom is -0.370 e. The van der Waals surface area contributed by atoms with Gasteiger partial charge in [-0.05, 0) is 20.3 Å². The van der Waals surface area contributed by atoms with Crippen molar-refractivity contribution in [3.8, 4) is 0 Å². The predicted octanol–water partition coefficient (Wildman–Crippen LogP) is 1.49. The monoisotopic (exact) mass is 236 g/mol. The van der Waals surface area contributed by atoms with Gasteiger partial charge in [0.25, 0.3) is 0 Å². The molecule has 1 amide bonds. The van der Waals surface area contributed by atoms with Crippen molar-refractivity contribution in [3.63, 3.8) is 0 Å². The maximum Gasteiger partial charge on any atom is 0.219 e. The third kappa shape index (κ3) is 4.80. The van der Waals surface area contributed by atoms with Crippen molar-refractivity contribution in [3.05, 3.63) is 18.1 Å². The lowest BCUT2D eigenvalue weighted by molar-refractivity contribution is -0.118. The Morgan fingerprint density at radius 3 is 2.76 bits per heavy atom. The summed E-state index contributed by atoms with van der Waals surface area (Å²) >= 11 is 0. The number of amides is 1. The van der Waals surface area contributed by atoms with Crippen LogP contribution in [0.4, 0.5) is 5.82 Å². The van der Waals surface area contributed by atoms with Crippen molar-refractivity contribution in [1.29, 1.82) is 0 Å². The van der Waals surface area contributed by atoms with Crippen LogP contribution in [-0.2, 0) is 11.2 Å². The Hall–Kier alpha value is -1.65. The molecule has 0 bridgehead atoms. The molecule has 0 atom stereocenters. The van der Waals surface area contributed by atoms with Crippen LogP contribution in [0.25, 0.3) is 0 Å². The highest BCUT2D eigenvalue weighted by atomic mass is 16.1. The number of rotatable bonds is 6. The molecule has 1 heterocycles. The summed E-state index contributed by atoms with van der Waals surface area (Å²) in [4.78, 5) is 19.2. The van der Waals surface area contributed by atoms with E-state index in [1.165, 1.54) is 6.33 Å². The van der Waals surface area contributed by atoms with Crippen molar-refractivity contribution in [2.24, 2.45) is 5.73 Å². The first kappa shape index (κ1) is 13.4. The number of primary amides is 1. The van der Waals surface area contributed by atoms with Gasteiger partial charge in [0.15, 0.2) is 0 Å². The zero-order valence-corrected chi connectivity index (χ0v) is 10.7. The molecule has 1 rings (SSSR count). The molecule has 1 aromatic heterocycles. The maximum absolute atomic E-state index is 10.9. The van der Waals surface area contributed by atoms with Gasteiger partial charge in [0.2, 0.25) is 5.91 Å². The van der Waals surface area contributed by atoms with Crippen LogP contribution < -0.4 is 11.1 Å². The summed E-state index contributed by atoms with van der Waals surface area (Å²) < 4.78 is 0. The topological polar surface area (TPSA) is 80.9 Å². The predicted molar refractivity (Wildman–Crippen MR) is 67.5 cm³/mol. The summed E-state index contributed by atoms with van der Waals surface area (Å²) in [5.41, 5.74) is 5.80. The number of aryl methyl sites for hydroxylation is 1. The largest absolute Gasteiger partial charge is 0.370 e. The molecule has 5 heteroatoms. The highest BCUT2D eigenvalue weighted by Crippen LogP contribution is 2.16. The highest BCUT2D eigenvalue weighted by Gasteiger charge is 2.20. The lowest BCUT2D eigenvalue weighted by Crippen LogP contribution is -2.36. The summed E-state index contributed by atoms with van der Waals surface area (Å²) in [6.45, 7) is 5.94. The Balaban J connectivity index is 2.73. The number of hydrogen-bond acceptors (Lipinski definition) is 4. The second-order valence-electron chi connectivity index (χ2n) is 4.80. The number of nitrogens with one attached hydrogen (secondary N) is 1. The second-order valence-corrected chi connectivity index (χ2v) is 4.80. The Kier molecular flexibility index (Phi) is 4.43. The summed E-state index contributed by atoms with van der Waals surface area (Å²) in [6.07, 6.45) is 3.77. The van der Waals surface area contributed by atoms with Crippen LogP contribution in [0.1, 0.15) is 39.3 Å². The molecule has 0 aliphatic rings. The molecule has 3 N–H and O–H groups in total. The summed E-state index contributed by atoms with van der Waals surface area (Å²) in [7, 11) is 0. The second kappa shape index (κ2) is 5.61. The van der Waals surface area contributed by atoms with Crippen molar-refractivity contribution in [2.75, 3.05) is 5.32 Å². The van der Waals surface area contributed by atoms with Gasteiger partial charge in [0, 0.05) is 23.7 Å².